The molecule has 1 amide bonds. The summed E-state index contributed by atoms with van der Waals surface area (Å²) in [6.45, 7) is 3.43. The van der Waals surface area contributed by atoms with Crippen molar-refractivity contribution in [3.8, 4) is 0 Å². The third-order valence-electron chi connectivity index (χ3n) is 2.03. The second-order valence-corrected chi connectivity index (χ2v) is 2.70. The number of rotatable bonds is 2. The standard InChI is InChI=1S/C7H13NO2/c1-5(7(9)8-2)6-3-10-4-6/h5-6H,3-4H2,1-2H3,(H,8,9). The normalized spacial score (nSPS) is 21.4. The molecule has 1 aliphatic heterocycles. The first-order valence-corrected chi connectivity index (χ1v) is 3.55. The average Bonchev–Trinajstić information content (AvgIpc) is 1.82. The molecule has 0 bridgehead atoms. The molecule has 3 nitrogen and oxygen atoms in total. The molecule has 3 heteroatoms. The molecule has 0 aromatic carbocycles. The Morgan fingerprint density at radius 2 is 2.30 bits per heavy atom. The molecule has 0 aromatic rings. The summed E-state index contributed by atoms with van der Waals surface area (Å²) in [5.74, 6) is 0.673. The Morgan fingerprint density at radius 3 is 2.60 bits per heavy atom. The van der Waals surface area contributed by atoms with E-state index in [1.54, 1.807) is 7.05 Å². The van der Waals surface area contributed by atoms with Gasteiger partial charge in [0.25, 0.3) is 0 Å². The fraction of sp³-hybridized carbons (Fsp3) is 0.857. The largest absolute Gasteiger partial charge is 0.381 e. The van der Waals surface area contributed by atoms with Crippen LogP contribution in [-0.2, 0) is 9.53 Å². The average molecular weight is 143 g/mol. The Morgan fingerprint density at radius 1 is 1.70 bits per heavy atom. The molecule has 0 spiro atoms. The van der Waals surface area contributed by atoms with Crippen LogP contribution in [0.5, 0.6) is 0 Å². The van der Waals surface area contributed by atoms with Gasteiger partial charge in [0.2, 0.25) is 5.91 Å². The molecular formula is C7H13NO2. The molecule has 0 aromatic heterocycles. The van der Waals surface area contributed by atoms with Crippen molar-refractivity contribution >= 4 is 5.91 Å². The summed E-state index contributed by atoms with van der Waals surface area (Å²) >= 11 is 0. The number of amides is 1. The minimum absolute atomic E-state index is 0.110. The lowest BCUT2D eigenvalue weighted by molar-refractivity contribution is -0.133. The molecule has 0 saturated carbocycles. The van der Waals surface area contributed by atoms with Crippen LogP contribution >= 0.6 is 0 Å². The Kier molecular flexibility index (Phi) is 2.27. The summed E-state index contributed by atoms with van der Waals surface area (Å²) in [7, 11) is 1.67. The molecule has 0 aliphatic carbocycles. The maximum Gasteiger partial charge on any atom is 0.223 e. The van der Waals surface area contributed by atoms with E-state index in [1.165, 1.54) is 0 Å². The molecule has 1 heterocycles. The first kappa shape index (κ1) is 7.54. The fourth-order valence-electron chi connectivity index (χ4n) is 0.984. The molecule has 58 valence electrons. The monoisotopic (exact) mass is 143 g/mol. The Bertz CT molecular complexity index is 132. The van der Waals surface area contributed by atoms with Gasteiger partial charge in [0.1, 0.15) is 0 Å². The van der Waals surface area contributed by atoms with Gasteiger partial charge in [0.15, 0.2) is 0 Å². The predicted molar refractivity (Wildman–Crippen MR) is 37.5 cm³/mol. The summed E-state index contributed by atoms with van der Waals surface area (Å²) in [4.78, 5) is 11.0. The molecule has 0 radical (unpaired) electrons. The van der Waals surface area contributed by atoms with E-state index in [4.69, 9.17) is 4.74 Å². The van der Waals surface area contributed by atoms with Crippen molar-refractivity contribution in [2.24, 2.45) is 11.8 Å². The molecule has 1 N–H and O–H groups in total. The van der Waals surface area contributed by atoms with Gasteiger partial charge in [0.05, 0.1) is 13.2 Å². The van der Waals surface area contributed by atoms with Gasteiger partial charge >= 0.3 is 0 Å². The lowest BCUT2D eigenvalue weighted by atomic mass is 9.92. The van der Waals surface area contributed by atoms with Crippen LogP contribution in [0.2, 0.25) is 0 Å². The van der Waals surface area contributed by atoms with Crippen LogP contribution in [0.25, 0.3) is 0 Å². The summed E-state index contributed by atoms with van der Waals surface area (Å²) in [6.07, 6.45) is 0. The molecule has 1 fully saturated rings. The third kappa shape index (κ3) is 1.29. The minimum atomic E-state index is 0.110. The van der Waals surface area contributed by atoms with Crippen LogP contribution < -0.4 is 5.32 Å². The maximum absolute atomic E-state index is 11.0. The molecule has 1 aliphatic rings. The van der Waals surface area contributed by atoms with E-state index in [0.717, 1.165) is 13.2 Å². The van der Waals surface area contributed by atoms with Gasteiger partial charge in [-0.2, -0.15) is 0 Å². The second kappa shape index (κ2) is 3.01. The van der Waals surface area contributed by atoms with E-state index in [1.807, 2.05) is 6.92 Å². The third-order valence-corrected chi connectivity index (χ3v) is 2.03. The van der Waals surface area contributed by atoms with Crippen LogP contribution in [0.4, 0.5) is 0 Å². The van der Waals surface area contributed by atoms with Crippen molar-refractivity contribution in [2.45, 2.75) is 6.92 Å². The Labute approximate surface area is 60.7 Å². The Balaban J connectivity index is 2.31. The fourth-order valence-corrected chi connectivity index (χ4v) is 0.984. The van der Waals surface area contributed by atoms with Crippen molar-refractivity contribution in [3.63, 3.8) is 0 Å². The molecule has 1 unspecified atom stereocenters. The topological polar surface area (TPSA) is 38.3 Å². The zero-order chi connectivity index (χ0) is 7.56. The second-order valence-electron chi connectivity index (χ2n) is 2.70. The van der Waals surface area contributed by atoms with Gasteiger partial charge in [-0.15, -0.1) is 0 Å². The molecule has 1 saturated heterocycles. The summed E-state index contributed by atoms with van der Waals surface area (Å²) in [5, 5.41) is 2.62. The lowest BCUT2D eigenvalue weighted by Gasteiger charge is -2.30. The number of ether oxygens (including phenoxy) is 1. The van der Waals surface area contributed by atoms with Crippen molar-refractivity contribution in [1.82, 2.24) is 5.32 Å². The molecular weight excluding hydrogens is 130 g/mol. The summed E-state index contributed by atoms with van der Waals surface area (Å²) < 4.78 is 4.97. The van der Waals surface area contributed by atoms with E-state index >= 15 is 0 Å². The highest BCUT2D eigenvalue weighted by atomic mass is 16.5. The number of hydrogen-bond acceptors (Lipinski definition) is 2. The van der Waals surface area contributed by atoms with E-state index in [2.05, 4.69) is 5.32 Å². The van der Waals surface area contributed by atoms with Gasteiger partial charge < -0.3 is 10.1 Å². The first-order chi connectivity index (χ1) is 4.75. The minimum Gasteiger partial charge on any atom is -0.381 e. The van der Waals surface area contributed by atoms with Crippen LogP contribution in [-0.4, -0.2) is 26.2 Å². The van der Waals surface area contributed by atoms with E-state index in [-0.39, 0.29) is 11.8 Å². The van der Waals surface area contributed by atoms with Crippen LogP contribution in [0.1, 0.15) is 6.92 Å². The first-order valence-electron chi connectivity index (χ1n) is 3.55. The molecule has 1 rings (SSSR count). The molecule has 1 atom stereocenters. The van der Waals surface area contributed by atoms with Crippen LogP contribution in [0.15, 0.2) is 0 Å². The maximum atomic E-state index is 11.0. The zero-order valence-electron chi connectivity index (χ0n) is 6.39. The van der Waals surface area contributed by atoms with E-state index in [0.29, 0.717) is 5.92 Å². The summed E-state index contributed by atoms with van der Waals surface area (Å²) in [6, 6.07) is 0. The smallest absolute Gasteiger partial charge is 0.223 e. The van der Waals surface area contributed by atoms with Crippen LogP contribution in [0.3, 0.4) is 0 Å². The van der Waals surface area contributed by atoms with Crippen LogP contribution in [0, 0.1) is 11.8 Å². The highest BCUT2D eigenvalue weighted by Gasteiger charge is 2.29. The van der Waals surface area contributed by atoms with Gasteiger partial charge in [-0.3, -0.25) is 4.79 Å². The number of nitrogens with one attached hydrogen (secondary N) is 1. The quantitative estimate of drug-likeness (QED) is 0.591. The highest BCUT2D eigenvalue weighted by Crippen LogP contribution is 2.19. The molecule has 10 heavy (non-hydrogen) atoms. The van der Waals surface area contributed by atoms with E-state index < -0.39 is 0 Å². The van der Waals surface area contributed by atoms with Crippen molar-refractivity contribution < 1.29 is 9.53 Å². The predicted octanol–water partition coefficient (Wildman–Crippen LogP) is 0.0149. The number of carbonyl (C=O) groups excluding carboxylic acids is 1. The van der Waals surface area contributed by atoms with Gasteiger partial charge in [-0.05, 0) is 0 Å². The van der Waals surface area contributed by atoms with E-state index in [9.17, 15) is 4.79 Å². The zero-order valence-corrected chi connectivity index (χ0v) is 6.39. The number of hydrogen-bond donors (Lipinski definition) is 1. The highest BCUT2D eigenvalue weighted by molar-refractivity contribution is 5.78. The van der Waals surface area contributed by atoms with Gasteiger partial charge in [0, 0.05) is 18.9 Å². The van der Waals surface area contributed by atoms with Gasteiger partial charge in [-0.1, -0.05) is 6.92 Å². The number of carbonyl (C=O) groups is 1. The van der Waals surface area contributed by atoms with Crippen molar-refractivity contribution in [3.05, 3.63) is 0 Å². The van der Waals surface area contributed by atoms with Gasteiger partial charge in [-0.25, -0.2) is 0 Å². The van der Waals surface area contributed by atoms with Crippen molar-refractivity contribution in [2.75, 3.05) is 20.3 Å². The van der Waals surface area contributed by atoms with Crippen molar-refractivity contribution in [1.29, 1.82) is 0 Å². The Hall–Kier alpha value is -0.570. The SMILES string of the molecule is CNC(=O)C(C)C1COC1. The lowest BCUT2D eigenvalue weighted by Crippen LogP contribution is -2.40. The summed E-state index contributed by atoms with van der Waals surface area (Å²) in [5.41, 5.74) is 0.